The second kappa shape index (κ2) is 3.88. The fraction of sp³-hybridized carbons (Fsp3) is 0.750. The molecule has 5 nitrogen and oxygen atoms in total. The average molecular weight is 294 g/mol. The number of rotatable bonds is 1. The van der Waals surface area contributed by atoms with Gasteiger partial charge in [0, 0.05) is 5.54 Å². The van der Waals surface area contributed by atoms with E-state index in [9.17, 15) is 18.0 Å². The highest BCUT2D eigenvalue weighted by Crippen LogP contribution is 2.54. The van der Waals surface area contributed by atoms with Gasteiger partial charge in [-0.15, -0.1) is 5.06 Å². The fourth-order valence-corrected chi connectivity index (χ4v) is 2.55. The minimum absolute atomic E-state index is 0.605. The third-order valence-corrected chi connectivity index (χ3v) is 4.32. The third kappa shape index (κ3) is 1.54. The largest absolute Gasteiger partial charge is 0.465 e. The Morgan fingerprint density at radius 2 is 1.90 bits per heavy atom. The first-order chi connectivity index (χ1) is 8.92. The molecule has 8 heteroatoms. The van der Waals surface area contributed by atoms with Crippen molar-refractivity contribution in [1.82, 2.24) is 10.4 Å². The number of fused-ring (bicyclic) bond motifs is 1. The Kier molecular flexibility index (Phi) is 2.93. The Morgan fingerprint density at radius 3 is 2.35 bits per heavy atom. The van der Waals surface area contributed by atoms with Crippen molar-refractivity contribution >= 4 is 5.97 Å². The third-order valence-electron chi connectivity index (χ3n) is 4.32. The van der Waals surface area contributed by atoms with E-state index in [4.69, 9.17) is 4.84 Å². The van der Waals surface area contributed by atoms with Crippen molar-refractivity contribution in [2.75, 3.05) is 7.11 Å². The SMILES string of the molecule is COC(=O)C1=CON2C(C)(C)C(C)(C)NC12C(F)(F)F. The van der Waals surface area contributed by atoms with Gasteiger partial charge in [0.2, 0.25) is 5.66 Å². The van der Waals surface area contributed by atoms with Gasteiger partial charge >= 0.3 is 12.1 Å². The lowest BCUT2D eigenvalue weighted by Gasteiger charge is -2.38. The number of ether oxygens (including phenoxy) is 1. The zero-order chi connectivity index (χ0) is 15.6. The van der Waals surface area contributed by atoms with E-state index < -0.39 is 34.5 Å². The lowest BCUT2D eigenvalue weighted by Crippen LogP contribution is -2.63. The number of carbonyl (C=O) groups excluding carboxylic acids is 1. The maximum absolute atomic E-state index is 13.7. The molecule has 2 aliphatic rings. The molecule has 2 heterocycles. The minimum Gasteiger partial charge on any atom is -0.465 e. The number of halogens is 3. The van der Waals surface area contributed by atoms with Crippen LogP contribution in [0.4, 0.5) is 13.2 Å². The van der Waals surface area contributed by atoms with Crippen LogP contribution in [0, 0.1) is 0 Å². The van der Waals surface area contributed by atoms with Gasteiger partial charge in [0.1, 0.15) is 11.8 Å². The molecule has 1 atom stereocenters. The zero-order valence-electron chi connectivity index (χ0n) is 11.9. The van der Waals surface area contributed by atoms with E-state index in [0.29, 0.717) is 0 Å². The maximum Gasteiger partial charge on any atom is 0.428 e. The van der Waals surface area contributed by atoms with Gasteiger partial charge in [0.25, 0.3) is 0 Å². The topological polar surface area (TPSA) is 50.8 Å². The molecule has 0 spiro atoms. The number of methoxy groups -OCH3 is 1. The molecular weight excluding hydrogens is 277 g/mol. The number of nitrogens with one attached hydrogen (secondary N) is 1. The van der Waals surface area contributed by atoms with Gasteiger partial charge in [-0.05, 0) is 27.7 Å². The van der Waals surface area contributed by atoms with Crippen LogP contribution in [0.2, 0.25) is 0 Å². The maximum atomic E-state index is 13.7. The second-order valence-corrected chi connectivity index (χ2v) is 5.94. The molecule has 0 aliphatic carbocycles. The molecule has 2 aliphatic heterocycles. The van der Waals surface area contributed by atoms with Crippen molar-refractivity contribution in [1.29, 1.82) is 0 Å². The summed E-state index contributed by atoms with van der Waals surface area (Å²) in [7, 11) is 1.03. The summed E-state index contributed by atoms with van der Waals surface area (Å²) >= 11 is 0. The summed E-state index contributed by atoms with van der Waals surface area (Å²) in [5.41, 5.74) is -5.26. The van der Waals surface area contributed by atoms with Gasteiger partial charge in [0.15, 0.2) is 0 Å². The van der Waals surface area contributed by atoms with Crippen molar-refractivity contribution < 1.29 is 27.5 Å². The van der Waals surface area contributed by atoms with Crippen LogP contribution in [0.1, 0.15) is 27.7 Å². The van der Waals surface area contributed by atoms with Crippen molar-refractivity contribution in [2.24, 2.45) is 0 Å². The summed E-state index contributed by atoms with van der Waals surface area (Å²) in [6.07, 6.45) is -3.96. The quantitative estimate of drug-likeness (QED) is 0.746. The molecule has 0 aromatic rings. The van der Waals surface area contributed by atoms with Crippen LogP contribution < -0.4 is 5.32 Å². The Hall–Kier alpha value is -1.28. The van der Waals surface area contributed by atoms with Crippen molar-refractivity contribution in [3.8, 4) is 0 Å². The minimum atomic E-state index is -4.76. The Balaban J connectivity index is 2.63. The van der Waals surface area contributed by atoms with E-state index in [-0.39, 0.29) is 0 Å². The molecule has 0 radical (unpaired) electrons. The first-order valence-electron chi connectivity index (χ1n) is 6.04. The second-order valence-electron chi connectivity index (χ2n) is 5.94. The van der Waals surface area contributed by atoms with E-state index in [1.807, 2.05) is 0 Å². The Morgan fingerprint density at radius 1 is 1.35 bits per heavy atom. The highest BCUT2D eigenvalue weighted by Gasteiger charge is 2.77. The van der Waals surface area contributed by atoms with E-state index in [2.05, 4.69) is 10.1 Å². The molecule has 0 aromatic heterocycles. The molecule has 2 rings (SSSR count). The van der Waals surface area contributed by atoms with E-state index >= 15 is 0 Å². The number of carbonyl (C=O) groups is 1. The summed E-state index contributed by atoms with van der Waals surface area (Å²) < 4.78 is 45.6. The molecular formula is C12H17F3N2O3. The smallest absolute Gasteiger partial charge is 0.428 e. The van der Waals surface area contributed by atoms with Gasteiger partial charge in [-0.3, -0.25) is 5.32 Å². The lowest BCUT2D eigenvalue weighted by molar-refractivity contribution is -0.287. The van der Waals surface area contributed by atoms with Crippen LogP contribution in [0.3, 0.4) is 0 Å². The number of esters is 1. The molecule has 0 amide bonds. The van der Waals surface area contributed by atoms with Gasteiger partial charge in [-0.1, -0.05) is 0 Å². The molecule has 0 bridgehead atoms. The first kappa shape index (κ1) is 15.1. The molecule has 1 saturated heterocycles. The van der Waals surface area contributed by atoms with E-state index in [1.165, 1.54) is 0 Å². The zero-order valence-corrected chi connectivity index (χ0v) is 11.9. The van der Waals surface area contributed by atoms with Gasteiger partial charge in [-0.2, -0.15) is 13.2 Å². The number of hydrogen-bond acceptors (Lipinski definition) is 5. The molecule has 1 fully saturated rings. The average Bonchev–Trinajstić information content (AvgIpc) is 2.73. The standard InChI is InChI=1S/C12H17F3N2O3/c1-9(2)10(3,4)17-11(16-9,12(13,14)15)7(6-20-17)8(18)19-5/h6,16H,1-5H3. The summed E-state index contributed by atoms with van der Waals surface area (Å²) in [4.78, 5) is 16.8. The molecule has 1 unspecified atom stereocenters. The van der Waals surface area contributed by atoms with Gasteiger partial charge < -0.3 is 9.57 Å². The van der Waals surface area contributed by atoms with Crippen LogP contribution >= 0.6 is 0 Å². The normalized spacial score (nSPS) is 31.5. The number of hydrogen-bond donors (Lipinski definition) is 1. The number of nitrogens with zero attached hydrogens (tertiary/aromatic N) is 1. The predicted molar refractivity (Wildman–Crippen MR) is 63.1 cm³/mol. The monoisotopic (exact) mass is 294 g/mol. The number of hydroxylamine groups is 2. The van der Waals surface area contributed by atoms with Crippen LogP contribution in [0.5, 0.6) is 0 Å². The first-order valence-corrected chi connectivity index (χ1v) is 6.04. The summed E-state index contributed by atoms with van der Waals surface area (Å²) in [6.45, 7) is 6.47. The van der Waals surface area contributed by atoms with E-state index in [0.717, 1.165) is 18.4 Å². The van der Waals surface area contributed by atoms with E-state index in [1.54, 1.807) is 27.7 Å². The van der Waals surface area contributed by atoms with Crippen LogP contribution in [-0.2, 0) is 14.4 Å². The van der Waals surface area contributed by atoms with Gasteiger partial charge in [-0.25, -0.2) is 4.79 Å². The van der Waals surface area contributed by atoms with Crippen molar-refractivity contribution in [2.45, 2.75) is 50.6 Å². The molecule has 1 N–H and O–H groups in total. The van der Waals surface area contributed by atoms with Crippen LogP contribution in [-0.4, -0.2) is 41.1 Å². The fourth-order valence-electron chi connectivity index (χ4n) is 2.55. The van der Waals surface area contributed by atoms with Gasteiger partial charge in [0.05, 0.1) is 12.6 Å². The van der Waals surface area contributed by atoms with Crippen LogP contribution in [0.15, 0.2) is 11.8 Å². The number of alkyl halides is 3. The summed E-state index contributed by atoms with van der Waals surface area (Å²) in [6, 6.07) is 0. The molecule has 20 heavy (non-hydrogen) atoms. The van der Waals surface area contributed by atoms with Crippen molar-refractivity contribution in [3.63, 3.8) is 0 Å². The molecule has 0 saturated carbocycles. The molecule has 0 aromatic carbocycles. The highest BCUT2D eigenvalue weighted by atomic mass is 19.4. The van der Waals surface area contributed by atoms with Crippen molar-refractivity contribution in [3.05, 3.63) is 11.8 Å². The van der Waals surface area contributed by atoms with Crippen LogP contribution in [0.25, 0.3) is 0 Å². The molecule has 114 valence electrons. The Labute approximate surface area is 114 Å². The lowest BCUT2D eigenvalue weighted by atomic mass is 9.84. The summed E-state index contributed by atoms with van der Waals surface area (Å²) in [5, 5.41) is 3.29. The Bertz CT molecular complexity index is 485. The summed E-state index contributed by atoms with van der Waals surface area (Å²) in [5.74, 6) is -1.08. The predicted octanol–water partition coefficient (Wildman–Crippen LogP) is 1.71. The highest BCUT2D eigenvalue weighted by molar-refractivity contribution is 5.91.